The van der Waals surface area contributed by atoms with Gasteiger partial charge < -0.3 is 9.47 Å². The summed E-state index contributed by atoms with van der Waals surface area (Å²) >= 11 is 12.0. The van der Waals surface area contributed by atoms with Crippen molar-refractivity contribution in [2.45, 2.75) is 44.2 Å². The second-order valence-electron chi connectivity index (χ2n) is 5.50. The van der Waals surface area contributed by atoms with Crippen molar-refractivity contribution in [2.24, 2.45) is 0 Å². The van der Waals surface area contributed by atoms with Crippen LogP contribution in [-0.2, 0) is 14.3 Å². The van der Waals surface area contributed by atoms with Gasteiger partial charge >= 0.3 is 0 Å². The maximum absolute atomic E-state index is 12.0. The number of carbonyl (C=O) groups is 1. The second-order valence-corrected chi connectivity index (χ2v) is 6.37. The van der Waals surface area contributed by atoms with Gasteiger partial charge in [0.25, 0.3) is 0 Å². The Labute approximate surface area is 121 Å². The molecule has 0 aromatic heterocycles. The fraction of sp³-hybridized carbons (Fsp3) is 0.500. The molecule has 0 unspecified atom stereocenters. The standard InChI is InChI=1S/C14H14Cl2O3/c1-14(2)18-12-10(6-11(17)13(12)19-14)7-3-8(15)5-9(16)4-7/h3-5,10,12-13H,6H2,1-2H3/t10-,12-,13+/m1/s1. The van der Waals surface area contributed by atoms with Crippen molar-refractivity contribution in [3.05, 3.63) is 33.8 Å². The Morgan fingerprint density at radius 2 is 1.79 bits per heavy atom. The van der Waals surface area contributed by atoms with E-state index in [1.807, 2.05) is 26.0 Å². The predicted molar refractivity (Wildman–Crippen MR) is 72.7 cm³/mol. The summed E-state index contributed by atoms with van der Waals surface area (Å²) in [5.74, 6) is -0.682. The first kappa shape index (κ1) is 13.4. The van der Waals surface area contributed by atoms with Crippen molar-refractivity contribution in [3.63, 3.8) is 0 Å². The van der Waals surface area contributed by atoms with Crippen molar-refractivity contribution < 1.29 is 14.3 Å². The Kier molecular flexibility index (Phi) is 3.13. The zero-order valence-electron chi connectivity index (χ0n) is 10.7. The Hall–Kier alpha value is -0.610. The van der Waals surface area contributed by atoms with E-state index in [9.17, 15) is 4.79 Å². The van der Waals surface area contributed by atoms with Gasteiger partial charge in [0.1, 0.15) is 12.2 Å². The number of carbonyl (C=O) groups excluding carboxylic acids is 1. The van der Waals surface area contributed by atoms with Gasteiger partial charge in [-0.15, -0.1) is 0 Å². The summed E-state index contributed by atoms with van der Waals surface area (Å²) in [6, 6.07) is 5.35. The molecule has 19 heavy (non-hydrogen) atoms. The fourth-order valence-electron chi connectivity index (χ4n) is 2.88. The van der Waals surface area contributed by atoms with E-state index in [2.05, 4.69) is 0 Å². The molecule has 0 bridgehead atoms. The molecular formula is C14H14Cl2O3. The van der Waals surface area contributed by atoms with Gasteiger partial charge in [-0.1, -0.05) is 23.2 Å². The minimum atomic E-state index is -0.716. The maximum atomic E-state index is 12.0. The number of halogens is 2. The number of hydrogen-bond donors (Lipinski definition) is 0. The van der Waals surface area contributed by atoms with Gasteiger partial charge in [0.15, 0.2) is 11.6 Å². The lowest BCUT2D eigenvalue weighted by molar-refractivity contribution is -0.160. The van der Waals surface area contributed by atoms with Gasteiger partial charge in [0.05, 0.1) is 0 Å². The van der Waals surface area contributed by atoms with E-state index >= 15 is 0 Å². The zero-order chi connectivity index (χ0) is 13.8. The average molecular weight is 301 g/mol. The van der Waals surface area contributed by atoms with Gasteiger partial charge in [-0.3, -0.25) is 4.79 Å². The van der Waals surface area contributed by atoms with Crippen molar-refractivity contribution in [2.75, 3.05) is 0 Å². The molecule has 0 amide bonds. The van der Waals surface area contributed by atoms with Crippen LogP contribution in [0.5, 0.6) is 0 Å². The van der Waals surface area contributed by atoms with Crippen LogP contribution in [-0.4, -0.2) is 23.8 Å². The number of Topliss-reactive ketones (excluding diaryl/α,β-unsaturated/α-hetero) is 1. The van der Waals surface area contributed by atoms with E-state index in [1.165, 1.54) is 0 Å². The topological polar surface area (TPSA) is 35.5 Å². The minimum absolute atomic E-state index is 0.0459. The smallest absolute Gasteiger partial charge is 0.165 e. The third-order valence-corrected chi connectivity index (χ3v) is 4.01. The molecule has 1 heterocycles. The van der Waals surface area contributed by atoms with E-state index in [0.717, 1.165) is 5.56 Å². The summed E-state index contributed by atoms with van der Waals surface area (Å²) in [6.45, 7) is 3.64. The van der Waals surface area contributed by atoms with Gasteiger partial charge in [0.2, 0.25) is 0 Å². The van der Waals surface area contributed by atoms with Crippen LogP contribution < -0.4 is 0 Å². The number of ketones is 1. The van der Waals surface area contributed by atoms with Crippen LogP contribution in [0.1, 0.15) is 31.7 Å². The highest BCUT2D eigenvalue weighted by Gasteiger charge is 2.54. The molecule has 3 nitrogen and oxygen atoms in total. The first-order chi connectivity index (χ1) is 8.85. The Bertz CT molecular complexity index is 521. The van der Waals surface area contributed by atoms with Crippen LogP contribution >= 0.6 is 23.2 Å². The molecule has 2 fully saturated rings. The van der Waals surface area contributed by atoms with E-state index in [0.29, 0.717) is 16.5 Å². The number of benzene rings is 1. The summed E-state index contributed by atoms with van der Waals surface area (Å²) in [5.41, 5.74) is 0.930. The minimum Gasteiger partial charge on any atom is -0.343 e. The summed E-state index contributed by atoms with van der Waals surface area (Å²) in [7, 11) is 0. The van der Waals surface area contributed by atoms with Crippen molar-refractivity contribution >= 4 is 29.0 Å². The summed E-state index contributed by atoms with van der Waals surface area (Å²) in [4.78, 5) is 12.0. The number of ether oxygens (including phenoxy) is 2. The van der Waals surface area contributed by atoms with Gasteiger partial charge in [-0.25, -0.2) is 0 Å². The second kappa shape index (κ2) is 4.45. The van der Waals surface area contributed by atoms with Crippen molar-refractivity contribution in [1.29, 1.82) is 0 Å². The third-order valence-electron chi connectivity index (χ3n) is 3.58. The lowest BCUT2D eigenvalue weighted by atomic mass is 9.95. The predicted octanol–water partition coefficient (Wildman–Crippen LogP) is 3.57. The molecule has 1 aliphatic heterocycles. The van der Waals surface area contributed by atoms with Gasteiger partial charge in [-0.05, 0) is 37.6 Å². The molecule has 0 spiro atoms. The Morgan fingerprint density at radius 3 is 2.42 bits per heavy atom. The molecule has 5 heteroatoms. The molecule has 1 saturated carbocycles. The van der Waals surface area contributed by atoms with Gasteiger partial charge in [0, 0.05) is 22.4 Å². The van der Waals surface area contributed by atoms with Crippen LogP contribution in [0.15, 0.2) is 18.2 Å². The molecule has 0 N–H and O–H groups in total. The largest absolute Gasteiger partial charge is 0.343 e. The number of hydrogen-bond acceptors (Lipinski definition) is 3. The lowest BCUT2D eigenvalue weighted by Gasteiger charge is -2.21. The average Bonchev–Trinajstić information content (AvgIpc) is 2.73. The van der Waals surface area contributed by atoms with Gasteiger partial charge in [-0.2, -0.15) is 0 Å². The van der Waals surface area contributed by atoms with E-state index in [4.69, 9.17) is 32.7 Å². The summed E-state index contributed by atoms with van der Waals surface area (Å²) < 4.78 is 11.5. The normalized spacial score (nSPS) is 32.6. The number of rotatable bonds is 1. The molecule has 1 aliphatic carbocycles. The summed E-state index contributed by atoms with van der Waals surface area (Å²) in [5, 5.41) is 1.13. The van der Waals surface area contributed by atoms with Crippen molar-refractivity contribution in [1.82, 2.24) is 0 Å². The molecule has 1 saturated heterocycles. The zero-order valence-corrected chi connectivity index (χ0v) is 12.2. The van der Waals surface area contributed by atoms with Crippen LogP contribution in [0.25, 0.3) is 0 Å². The molecule has 3 atom stereocenters. The highest BCUT2D eigenvalue weighted by atomic mass is 35.5. The first-order valence-electron chi connectivity index (χ1n) is 6.20. The van der Waals surface area contributed by atoms with E-state index in [1.54, 1.807) is 6.07 Å². The Morgan fingerprint density at radius 1 is 1.16 bits per heavy atom. The van der Waals surface area contributed by atoms with E-state index in [-0.39, 0.29) is 17.8 Å². The summed E-state index contributed by atoms with van der Waals surface area (Å²) in [6.07, 6.45) is -0.322. The fourth-order valence-corrected chi connectivity index (χ4v) is 3.42. The van der Waals surface area contributed by atoms with E-state index < -0.39 is 11.9 Å². The van der Waals surface area contributed by atoms with Crippen LogP contribution in [0.2, 0.25) is 10.0 Å². The SMILES string of the molecule is CC1(C)O[C@@H]2[C@@H](c3cc(Cl)cc(Cl)c3)CC(=O)[C@@H]2O1. The maximum Gasteiger partial charge on any atom is 0.165 e. The molecular weight excluding hydrogens is 287 g/mol. The third kappa shape index (κ3) is 2.40. The highest BCUT2D eigenvalue weighted by molar-refractivity contribution is 6.34. The molecule has 3 rings (SSSR count). The van der Waals surface area contributed by atoms with Crippen molar-refractivity contribution in [3.8, 4) is 0 Å². The molecule has 1 aromatic rings. The van der Waals surface area contributed by atoms with Crippen LogP contribution in [0.4, 0.5) is 0 Å². The molecule has 2 aliphatic rings. The van der Waals surface area contributed by atoms with Crippen LogP contribution in [0.3, 0.4) is 0 Å². The number of fused-ring (bicyclic) bond motifs is 1. The monoisotopic (exact) mass is 300 g/mol. The molecule has 1 aromatic carbocycles. The van der Waals surface area contributed by atoms with Crippen LogP contribution in [0, 0.1) is 0 Å². The quantitative estimate of drug-likeness (QED) is 0.795. The molecule has 102 valence electrons. The first-order valence-corrected chi connectivity index (χ1v) is 6.96. The Balaban J connectivity index is 1.95. The molecule has 0 radical (unpaired) electrons. The highest BCUT2D eigenvalue weighted by Crippen LogP contribution is 2.45. The lowest BCUT2D eigenvalue weighted by Crippen LogP contribution is -2.25.